The molecule has 0 saturated carbocycles. The van der Waals surface area contributed by atoms with Crippen LogP contribution in [0.5, 0.6) is 0 Å². The minimum Gasteiger partial charge on any atom is -0.356 e. The fourth-order valence-electron chi connectivity index (χ4n) is 4.11. The lowest BCUT2D eigenvalue weighted by Gasteiger charge is -2.26. The fourth-order valence-corrected chi connectivity index (χ4v) is 4.78. The second-order valence-electron chi connectivity index (χ2n) is 8.14. The van der Waals surface area contributed by atoms with Crippen LogP contribution in [0.3, 0.4) is 0 Å². The molecule has 3 aromatic rings. The van der Waals surface area contributed by atoms with Gasteiger partial charge in [-0.3, -0.25) is 14.6 Å². The van der Waals surface area contributed by atoms with Crippen LogP contribution in [0.2, 0.25) is 0 Å². The third-order valence-electron chi connectivity index (χ3n) is 5.59. The normalized spacial score (nSPS) is 13.8. The van der Waals surface area contributed by atoms with E-state index in [2.05, 4.69) is 9.97 Å². The summed E-state index contributed by atoms with van der Waals surface area (Å²) in [7, 11) is -3.12. The van der Waals surface area contributed by atoms with Crippen LogP contribution in [-0.2, 0) is 27.6 Å². The van der Waals surface area contributed by atoms with E-state index in [1.165, 1.54) is 4.90 Å². The summed E-state index contributed by atoms with van der Waals surface area (Å²) in [6.45, 7) is 0.297. The zero-order valence-corrected chi connectivity index (χ0v) is 18.7. The standard InChI is InChI=1S/C24H25N3O4S/c1-32(30,31)13-5-8-22(29)27-15-20-23(21(28)16-27)19(14-17-6-3-2-4-7-17)24(26-20)18-9-11-25-12-10-18/h2-4,6-7,9-12,26H,5,8,13-16H2,1H3. The summed E-state index contributed by atoms with van der Waals surface area (Å²) in [5, 5.41) is 0. The molecule has 1 aromatic carbocycles. The molecule has 4 rings (SSSR count). The first kappa shape index (κ1) is 22.0. The summed E-state index contributed by atoms with van der Waals surface area (Å²) in [5.74, 6) is -0.357. The molecule has 166 valence electrons. The molecule has 0 fully saturated rings. The van der Waals surface area contributed by atoms with Gasteiger partial charge in [0, 0.05) is 48.3 Å². The molecule has 1 N–H and O–H groups in total. The number of nitrogens with zero attached hydrogens (tertiary/aromatic N) is 2. The first-order chi connectivity index (χ1) is 15.3. The summed E-state index contributed by atoms with van der Waals surface area (Å²) >= 11 is 0. The van der Waals surface area contributed by atoms with E-state index in [-0.39, 0.29) is 36.8 Å². The van der Waals surface area contributed by atoms with Gasteiger partial charge in [0.05, 0.1) is 24.5 Å². The van der Waals surface area contributed by atoms with E-state index < -0.39 is 9.84 Å². The Hall–Kier alpha value is -3.26. The number of hydrogen-bond donors (Lipinski definition) is 1. The largest absolute Gasteiger partial charge is 0.356 e. The van der Waals surface area contributed by atoms with E-state index in [4.69, 9.17) is 0 Å². The van der Waals surface area contributed by atoms with Crippen molar-refractivity contribution in [3.63, 3.8) is 0 Å². The Morgan fingerprint density at radius 2 is 1.81 bits per heavy atom. The Morgan fingerprint density at radius 1 is 1.09 bits per heavy atom. The second-order valence-corrected chi connectivity index (χ2v) is 10.4. The van der Waals surface area contributed by atoms with Crippen molar-refractivity contribution >= 4 is 21.5 Å². The number of nitrogens with one attached hydrogen (secondary N) is 1. The highest BCUT2D eigenvalue weighted by molar-refractivity contribution is 7.90. The van der Waals surface area contributed by atoms with Crippen molar-refractivity contribution in [3.8, 4) is 11.3 Å². The van der Waals surface area contributed by atoms with E-state index >= 15 is 0 Å². The lowest BCUT2D eigenvalue weighted by atomic mass is 9.93. The van der Waals surface area contributed by atoms with Crippen LogP contribution in [0.15, 0.2) is 54.9 Å². The number of ketones is 1. The van der Waals surface area contributed by atoms with Crippen molar-refractivity contribution < 1.29 is 18.0 Å². The molecule has 0 unspecified atom stereocenters. The van der Waals surface area contributed by atoms with Crippen molar-refractivity contribution in [2.75, 3.05) is 18.6 Å². The summed E-state index contributed by atoms with van der Waals surface area (Å²) < 4.78 is 22.7. The quantitative estimate of drug-likeness (QED) is 0.595. The van der Waals surface area contributed by atoms with Gasteiger partial charge in [-0.2, -0.15) is 0 Å². The molecule has 8 heteroatoms. The van der Waals surface area contributed by atoms with Crippen molar-refractivity contribution in [1.82, 2.24) is 14.9 Å². The smallest absolute Gasteiger partial charge is 0.223 e. The number of pyridine rings is 1. The van der Waals surface area contributed by atoms with Gasteiger partial charge in [0.2, 0.25) is 5.91 Å². The van der Waals surface area contributed by atoms with E-state index in [0.717, 1.165) is 34.3 Å². The molecule has 0 spiro atoms. The first-order valence-electron chi connectivity index (χ1n) is 10.5. The number of carbonyl (C=O) groups is 2. The molecule has 0 saturated heterocycles. The van der Waals surface area contributed by atoms with E-state index in [1.807, 2.05) is 42.5 Å². The highest BCUT2D eigenvalue weighted by Crippen LogP contribution is 2.33. The van der Waals surface area contributed by atoms with Gasteiger partial charge in [0.15, 0.2) is 5.78 Å². The van der Waals surface area contributed by atoms with Crippen molar-refractivity contribution in [2.24, 2.45) is 0 Å². The van der Waals surface area contributed by atoms with Crippen LogP contribution in [0.4, 0.5) is 0 Å². The summed E-state index contributed by atoms with van der Waals surface area (Å²) in [6.07, 6.45) is 5.52. The fraction of sp³-hybridized carbons (Fsp3) is 0.292. The van der Waals surface area contributed by atoms with Crippen LogP contribution in [-0.4, -0.2) is 53.5 Å². The van der Waals surface area contributed by atoms with E-state index in [0.29, 0.717) is 18.5 Å². The number of hydrogen-bond acceptors (Lipinski definition) is 5. The number of sulfone groups is 1. The summed E-state index contributed by atoms with van der Waals surface area (Å²) in [5.41, 5.74) is 5.18. The Balaban J connectivity index is 1.64. The number of fused-ring (bicyclic) bond motifs is 1. The summed E-state index contributed by atoms with van der Waals surface area (Å²) in [6, 6.07) is 13.7. The number of H-pyrrole nitrogens is 1. The van der Waals surface area contributed by atoms with Gasteiger partial charge in [-0.05, 0) is 29.7 Å². The van der Waals surface area contributed by atoms with Gasteiger partial charge in [0.25, 0.3) is 0 Å². The van der Waals surface area contributed by atoms with Gasteiger partial charge in [-0.25, -0.2) is 8.42 Å². The SMILES string of the molecule is CS(=O)(=O)CCCC(=O)N1CC(=O)c2c([nH]c(-c3ccncc3)c2Cc2ccccc2)C1. The van der Waals surface area contributed by atoms with Gasteiger partial charge in [-0.15, -0.1) is 0 Å². The highest BCUT2D eigenvalue weighted by atomic mass is 32.2. The Kier molecular flexibility index (Phi) is 6.23. The zero-order valence-electron chi connectivity index (χ0n) is 17.9. The topological polar surface area (TPSA) is 100 Å². The van der Waals surface area contributed by atoms with Gasteiger partial charge in [0.1, 0.15) is 9.84 Å². The number of Topliss-reactive ketones (excluding diaryl/α,β-unsaturated/α-hetero) is 1. The monoisotopic (exact) mass is 451 g/mol. The number of rotatable bonds is 7. The van der Waals surface area contributed by atoms with Gasteiger partial charge < -0.3 is 9.88 Å². The Bertz CT molecular complexity index is 1240. The first-order valence-corrected chi connectivity index (χ1v) is 12.5. The van der Waals surface area contributed by atoms with Crippen molar-refractivity contribution in [2.45, 2.75) is 25.8 Å². The number of aromatic amines is 1. The third-order valence-corrected chi connectivity index (χ3v) is 6.62. The van der Waals surface area contributed by atoms with Gasteiger partial charge in [-0.1, -0.05) is 30.3 Å². The molecule has 1 aliphatic heterocycles. The van der Waals surface area contributed by atoms with Crippen LogP contribution >= 0.6 is 0 Å². The molecule has 0 atom stereocenters. The van der Waals surface area contributed by atoms with Crippen molar-refractivity contribution in [1.29, 1.82) is 0 Å². The van der Waals surface area contributed by atoms with E-state index in [1.54, 1.807) is 12.4 Å². The molecule has 0 radical (unpaired) electrons. The maximum absolute atomic E-state index is 13.2. The molecule has 1 amide bonds. The zero-order chi connectivity index (χ0) is 22.7. The van der Waals surface area contributed by atoms with Gasteiger partial charge >= 0.3 is 0 Å². The third kappa shape index (κ3) is 4.96. The molecule has 3 heterocycles. The lowest BCUT2D eigenvalue weighted by Crippen LogP contribution is -2.39. The molecule has 1 aliphatic rings. The number of carbonyl (C=O) groups excluding carboxylic acids is 2. The summed E-state index contributed by atoms with van der Waals surface area (Å²) in [4.78, 5) is 34.8. The average molecular weight is 452 g/mol. The highest BCUT2D eigenvalue weighted by Gasteiger charge is 2.32. The lowest BCUT2D eigenvalue weighted by molar-refractivity contribution is -0.131. The van der Waals surface area contributed by atoms with Crippen LogP contribution in [0.1, 0.15) is 40.0 Å². The molecule has 0 bridgehead atoms. The maximum atomic E-state index is 13.2. The van der Waals surface area contributed by atoms with Crippen molar-refractivity contribution in [3.05, 3.63) is 77.2 Å². The minimum atomic E-state index is -3.12. The van der Waals surface area contributed by atoms with Crippen LogP contribution < -0.4 is 0 Å². The Morgan fingerprint density at radius 3 is 2.50 bits per heavy atom. The molecule has 32 heavy (non-hydrogen) atoms. The molecule has 7 nitrogen and oxygen atoms in total. The predicted molar refractivity (Wildman–Crippen MR) is 122 cm³/mol. The second kappa shape index (κ2) is 9.08. The Labute approximate surface area is 187 Å². The average Bonchev–Trinajstić information content (AvgIpc) is 3.13. The van der Waals surface area contributed by atoms with E-state index in [9.17, 15) is 18.0 Å². The van der Waals surface area contributed by atoms with Crippen LogP contribution in [0, 0.1) is 0 Å². The number of benzene rings is 1. The number of aromatic nitrogens is 2. The molecular weight excluding hydrogens is 426 g/mol. The number of amides is 1. The maximum Gasteiger partial charge on any atom is 0.223 e. The molecule has 0 aliphatic carbocycles. The van der Waals surface area contributed by atoms with Crippen LogP contribution in [0.25, 0.3) is 11.3 Å². The predicted octanol–water partition coefficient (Wildman–Crippen LogP) is 3.02. The minimum absolute atomic E-state index is 0.000136. The molecular formula is C24H25N3O4S. The molecule has 2 aromatic heterocycles.